The molecule has 2 aliphatic rings. The zero-order chi connectivity index (χ0) is 17.6. The van der Waals surface area contributed by atoms with E-state index in [0.29, 0.717) is 28.1 Å². The fourth-order valence-electron chi connectivity index (χ4n) is 3.29. The molecule has 1 aromatic heterocycles. The first-order valence-corrected chi connectivity index (χ1v) is 8.42. The minimum Gasteiger partial charge on any atom is -0.482 e. The van der Waals surface area contributed by atoms with Crippen molar-refractivity contribution in [2.45, 2.75) is 31.1 Å². The van der Waals surface area contributed by atoms with Gasteiger partial charge in [-0.05, 0) is 31.0 Å². The average molecular weight is 362 g/mol. The molecule has 1 aromatic carbocycles. The number of aliphatic carboxylic acids is 1. The number of H-pyrrole nitrogens is 1. The maximum Gasteiger partial charge on any atom is 0.341 e. The number of carbonyl (C=O) groups excluding carboxylic acids is 1. The molecule has 1 saturated carbocycles. The summed E-state index contributed by atoms with van der Waals surface area (Å²) in [6.07, 6.45) is 2.41. The third kappa shape index (κ3) is 3.07. The highest BCUT2D eigenvalue weighted by atomic mass is 35.5. The highest BCUT2D eigenvalue weighted by molar-refractivity contribution is 6.30. The van der Waals surface area contributed by atoms with Crippen LogP contribution in [0.2, 0.25) is 5.02 Å². The standard InChI is InChI=1S/C17H16ClN3O4/c18-9-3-4-12(25-7-14(23)24)10(5-9)11-6-13(22)19-17-15(11)16(20-21-17)8-1-2-8/h3-5,8,11H,1-2,6-7H2,(H,23,24)(H2,19,20,21,22). The third-order valence-electron chi connectivity index (χ3n) is 4.51. The molecule has 0 bridgehead atoms. The van der Waals surface area contributed by atoms with E-state index < -0.39 is 12.6 Å². The Labute approximate surface area is 148 Å². The van der Waals surface area contributed by atoms with Crippen molar-refractivity contribution < 1.29 is 19.4 Å². The molecule has 8 heteroatoms. The molecule has 4 rings (SSSR count). The number of ether oxygens (including phenoxy) is 1. The molecule has 0 radical (unpaired) electrons. The molecule has 1 amide bonds. The first-order valence-electron chi connectivity index (χ1n) is 8.05. The molecular weight excluding hydrogens is 346 g/mol. The first kappa shape index (κ1) is 16.0. The second-order valence-electron chi connectivity index (χ2n) is 6.34. The molecule has 2 heterocycles. The van der Waals surface area contributed by atoms with Crippen molar-refractivity contribution in [2.24, 2.45) is 0 Å². The number of benzene rings is 1. The predicted molar refractivity (Wildman–Crippen MR) is 90.2 cm³/mol. The number of nitrogens with zero attached hydrogens (tertiary/aromatic N) is 1. The number of carbonyl (C=O) groups is 2. The van der Waals surface area contributed by atoms with Gasteiger partial charge < -0.3 is 15.2 Å². The number of hydrogen-bond acceptors (Lipinski definition) is 4. The minimum atomic E-state index is -1.06. The van der Waals surface area contributed by atoms with Crippen molar-refractivity contribution in [1.82, 2.24) is 10.2 Å². The van der Waals surface area contributed by atoms with Gasteiger partial charge in [0, 0.05) is 40.1 Å². The summed E-state index contributed by atoms with van der Waals surface area (Å²) >= 11 is 6.15. The smallest absolute Gasteiger partial charge is 0.341 e. The lowest BCUT2D eigenvalue weighted by Gasteiger charge is -2.25. The highest BCUT2D eigenvalue weighted by Gasteiger charge is 2.38. The molecule has 1 fully saturated rings. The molecule has 130 valence electrons. The van der Waals surface area contributed by atoms with E-state index >= 15 is 0 Å². The van der Waals surface area contributed by atoms with E-state index in [1.165, 1.54) is 0 Å². The number of aromatic amines is 1. The van der Waals surface area contributed by atoms with Crippen LogP contribution in [0.4, 0.5) is 5.82 Å². The lowest BCUT2D eigenvalue weighted by molar-refractivity contribution is -0.139. The van der Waals surface area contributed by atoms with E-state index in [2.05, 4.69) is 15.5 Å². The fraction of sp³-hybridized carbons (Fsp3) is 0.353. The Hall–Kier alpha value is -2.54. The van der Waals surface area contributed by atoms with E-state index in [9.17, 15) is 9.59 Å². The Bertz CT molecular complexity index is 860. The monoisotopic (exact) mass is 361 g/mol. The minimum absolute atomic E-state index is 0.143. The maximum absolute atomic E-state index is 12.1. The number of anilines is 1. The Morgan fingerprint density at radius 1 is 1.40 bits per heavy atom. The molecule has 25 heavy (non-hydrogen) atoms. The van der Waals surface area contributed by atoms with E-state index in [4.69, 9.17) is 21.4 Å². The van der Waals surface area contributed by atoms with Gasteiger partial charge in [-0.25, -0.2) is 4.79 Å². The SMILES string of the molecule is O=C(O)COc1ccc(Cl)cc1C1CC(=O)Nc2n[nH]c(C3CC3)c21. The zero-order valence-corrected chi connectivity index (χ0v) is 14.0. The number of rotatable bonds is 5. The third-order valence-corrected chi connectivity index (χ3v) is 4.75. The van der Waals surface area contributed by atoms with Crippen LogP contribution < -0.4 is 10.1 Å². The molecule has 2 aromatic rings. The van der Waals surface area contributed by atoms with Gasteiger partial charge in [0.15, 0.2) is 12.4 Å². The Morgan fingerprint density at radius 3 is 2.92 bits per heavy atom. The Morgan fingerprint density at radius 2 is 2.20 bits per heavy atom. The zero-order valence-electron chi connectivity index (χ0n) is 13.2. The van der Waals surface area contributed by atoms with Gasteiger partial charge in [0.05, 0.1) is 0 Å². The van der Waals surface area contributed by atoms with Crippen molar-refractivity contribution in [3.8, 4) is 5.75 Å². The summed E-state index contributed by atoms with van der Waals surface area (Å²) in [6.45, 7) is -0.457. The van der Waals surface area contributed by atoms with Crippen LogP contribution in [-0.2, 0) is 9.59 Å². The molecule has 3 N–H and O–H groups in total. The number of fused-ring (bicyclic) bond motifs is 1. The van der Waals surface area contributed by atoms with Crippen LogP contribution in [0.25, 0.3) is 0 Å². The van der Waals surface area contributed by atoms with E-state index in [1.807, 2.05) is 0 Å². The number of hydrogen-bond donors (Lipinski definition) is 3. The lowest BCUT2D eigenvalue weighted by atomic mass is 9.84. The maximum atomic E-state index is 12.1. The van der Waals surface area contributed by atoms with Crippen molar-refractivity contribution in [3.05, 3.63) is 40.0 Å². The average Bonchev–Trinajstić information content (AvgIpc) is 3.32. The van der Waals surface area contributed by atoms with Crippen molar-refractivity contribution >= 4 is 29.3 Å². The van der Waals surface area contributed by atoms with Crippen LogP contribution in [0, 0.1) is 0 Å². The summed E-state index contributed by atoms with van der Waals surface area (Å²) in [5.41, 5.74) is 2.68. The van der Waals surface area contributed by atoms with Crippen LogP contribution in [-0.4, -0.2) is 33.8 Å². The van der Waals surface area contributed by atoms with Crippen LogP contribution in [0.15, 0.2) is 18.2 Å². The molecule has 1 aliphatic heterocycles. The van der Waals surface area contributed by atoms with E-state index in [1.54, 1.807) is 18.2 Å². The molecule has 0 saturated heterocycles. The lowest BCUT2D eigenvalue weighted by Crippen LogP contribution is -2.24. The largest absolute Gasteiger partial charge is 0.482 e. The normalized spacial score (nSPS) is 19.2. The summed E-state index contributed by atoms with van der Waals surface area (Å²) in [4.78, 5) is 23.0. The Balaban J connectivity index is 1.79. The fourth-order valence-corrected chi connectivity index (χ4v) is 3.47. The predicted octanol–water partition coefficient (Wildman–Crippen LogP) is 2.88. The van der Waals surface area contributed by atoms with Gasteiger partial charge in [0.2, 0.25) is 5.91 Å². The number of aromatic nitrogens is 2. The Kier molecular flexibility index (Phi) is 3.88. The van der Waals surface area contributed by atoms with Gasteiger partial charge in [-0.1, -0.05) is 11.6 Å². The second kappa shape index (κ2) is 6.07. The summed E-state index contributed by atoms with van der Waals surface area (Å²) in [7, 11) is 0. The molecule has 1 unspecified atom stereocenters. The van der Waals surface area contributed by atoms with Gasteiger partial charge in [-0.3, -0.25) is 9.89 Å². The molecular formula is C17H16ClN3O4. The molecule has 0 spiro atoms. The van der Waals surface area contributed by atoms with Crippen LogP contribution in [0.3, 0.4) is 0 Å². The first-order chi connectivity index (χ1) is 12.0. The van der Waals surface area contributed by atoms with Crippen molar-refractivity contribution in [1.29, 1.82) is 0 Å². The quantitative estimate of drug-likeness (QED) is 0.759. The molecule has 1 aliphatic carbocycles. The second-order valence-corrected chi connectivity index (χ2v) is 6.78. The number of amides is 1. The summed E-state index contributed by atoms with van der Waals surface area (Å²) in [6, 6.07) is 5.02. The van der Waals surface area contributed by atoms with Gasteiger partial charge in [-0.15, -0.1) is 0 Å². The van der Waals surface area contributed by atoms with Gasteiger partial charge in [0.25, 0.3) is 0 Å². The number of carboxylic acid groups (broad SMARTS) is 1. The van der Waals surface area contributed by atoms with Crippen molar-refractivity contribution in [3.63, 3.8) is 0 Å². The number of carboxylic acids is 1. The van der Waals surface area contributed by atoms with E-state index in [0.717, 1.165) is 24.1 Å². The van der Waals surface area contributed by atoms with Crippen LogP contribution in [0.1, 0.15) is 47.9 Å². The van der Waals surface area contributed by atoms with E-state index in [-0.39, 0.29) is 18.2 Å². The summed E-state index contributed by atoms with van der Waals surface area (Å²) in [5, 5.41) is 19.5. The molecule has 1 atom stereocenters. The van der Waals surface area contributed by atoms with Gasteiger partial charge in [-0.2, -0.15) is 5.10 Å². The topological polar surface area (TPSA) is 104 Å². The van der Waals surface area contributed by atoms with Gasteiger partial charge in [0.1, 0.15) is 5.75 Å². The number of nitrogens with one attached hydrogen (secondary N) is 2. The van der Waals surface area contributed by atoms with Crippen molar-refractivity contribution in [2.75, 3.05) is 11.9 Å². The van der Waals surface area contributed by atoms with Crippen LogP contribution >= 0.6 is 11.6 Å². The number of halogens is 1. The summed E-state index contributed by atoms with van der Waals surface area (Å²) in [5.74, 6) is -0.106. The van der Waals surface area contributed by atoms with Crippen LogP contribution in [0.5, 0.6) is 5.75 Å². The van der Waals surface area contributed by atoms with Gasteiger partial charge >= 0.3 is 5.97 Å². The highest BCUT2D eigenvalue weighted by Crippen LogP contribution is 2.49. The summed E-state index contributed by atoms with van der Waals surface area (Å²) < 4.78 is 5.43. The molecule has 7 nitrogen and oxygen atoms in total.